The normalized spacial score (nSPS) is 20.1. The van der Waals surface area contributed by atoms with Crippen LogP contribution in [0.15, 0.2) is 0 Å². The fourth-order valence-corrected chi connectivity index (χ4v) is 3.11. The second-order valence-electron chi connectivity index (χ2n) is 6.37. The van der Waals surface area contributed by atoms with Crippen LogP contribution >= 0.6 is 0 Å². The van der Waals surface area contributed by atoms with Gasteiger partial charge in [0.2, 0.25) is 11.8 Å². The maximum absolute atomic E-state index is 12.6. The van der Waals surface area contributed by atoms with Crippen LogP contribution < -0.4 is 10.6 Å². The van der Waals surface area contributed by atoms with Gasteiger partial charge in [0.15, 0.2) is 0 Å². The van der Waals surface area contributed by atoms with Crippen LogP contribution in [-0.2, 0) is 16.6 Å². The highest BCUT2D eigenvalue weighted by molar-refractivity contribution is 5.95. The fraction of sp³-hybridized carbons (Fsp3) is 0.688. The van der Waals surface area contributed by atoms with Gasteiger partial charge in [-0.15, -0.1) is 0 Å². The Morgan fingerprint density at radius 3 is 2.61 bits per heavy atom. The van der Waals surface area contributed by atoms with Crippen LogP contribution in [0.5, 0.6) is 0 Å². The van der Waals surface area contributed by atoms with Gasteiger partial charge in [0.25, 0.3) is 0 Å². The van der Waals surface area contributed by atoms with E-state index < -0.39 is 0 Å². The topological polar surface area (TPSA) is 79.3 Å². The van der Waals surface area contributed by atoms with Crippen molar-refractivity contribution in [2.75, 3.05) is 18.4 Å². The minimum atomic E-state index is -0.245. The lowest BCUT2D eigenvalue weighted by atomic mass is 10.0. The second-order valence-corrected chi connectivity index (χ2v) is 6.37. The molecule has 2 rings (SSSR count). The molecule has 2 heterocycles. The third kappa shape index (κ3) is 4.10. The molecule has 0 radical (unpaired) electrons. The molecule has 23 heavy (non-hydrogen) atoms. The first-order chi connectivity index (χ1) is 10.8. The standard InChI is InChI=1S/C16H27N5O2/c1-10-15(11(2)20(5)19-10)18-16(23)12(3)21-8-6-7-14(9-21)17-13(4)22/h12,14H,6-9H2,1-5H3,(H,17,22)(H,18,23)/t12-,14-/m0/s1. The van der Waals surface area contributed by atoms with E-state index in [1.807, 2.05) is 27.8 Å². The van der Waals surface area contributed by atoms with Crippen molar-refractivity contribution in [3.05, 3.63) is 11.4 Å². The predicted octanol–water partition coefficient (Wildman–Crippen LogP) is 0.964. The van der Waals surface area contributed by atoms with Crippen molar-refractivity contribution in [1.29, 1.82) is 0 Å². The number of rotatable bonds is 4. The molecular formula is C16H27N5O2. The number of nitrogens with one attached hydrogen (secondary N) is 2. The Hall–Kier alpha value is -1.89. The monoisotopic (exact) mass is 321 g/mol. The number of carbonyl (C=O) groups excluding carboxylic acids is 2. The first kappa shape index (κ1) is 17.5. The minimum Gasteiger partial charge on any atom is -0.352 e. The first-order valence-corrected chi connectivity index (χ1v) is 8.11. The largest absolute Gasteiger partial charge is 0.352 e. The Kier molecular flexibility index (Phi) is 5.41. The van der Waals surface area contributed by atoms with Gasteiger partial charge >= 0.3 is 0 Å². The molecule has 0 spiro atoms. The van der Waals surface area contributed by atoms with Gasteiger partial charge in [0.1, 0.15) is 0 Å². The molecule has 0 bridgehead atoms. The van der Waals surface area contributed by atoms with Gasteiger partial charge in [-0.25, -0.2) is 0 Å². The lowest BCUT2D eigenvalue weighted by Crippen LogP contribution is -2.52. The average molecular weight is 321 g/mol. The van der Waals surface area contributed by atoms with E-state index in [-0.39, 0.29) is 23.9 Å². The van der Waals surface area contributed by atoms with E-state index in [1.165, 1.54) is 6.92 Å². The lowest BCUT2D eigenvalue weighted by Gasteiger charge is -2.36. The number of carbonyl (C=O) groups is 2. The summed E-state index contributed by atoms with van der Waals surface area (Å²) < 4.78 is 1.77. The fourth-order valence-electron chi connectivity index (χ4n) is 3.11. The molecule has 1 aromatic rings. The van der Waals surface area contributed by atoms with Gasteiger partial charge in [-0.1, -0.05) is 0 Å². The highest BCUT2D eigenvalue weighted by atomic mass is 16.2. The summed E-state index contributed by atoms with van der Waals surface area (Å²) in [5.74, 6) is -0.0526. The average Bonchev–Trinajstić information content (AvgIpc) is 2.72. The van der Waals surface area contributed by atoms with E-state index in [0.29, 0.717) is 6.54 Å². The van der Waals surface area contributed by atoms with Gasteiger partial charge in [-0.05, 0) is 40.2 Å². The zero-order chi connectivity index (χ0) is 17.1. The summed E-state index contributed by atoms with van der Waals surface area (Å²) in [6.07, 6.45) is 1.94. The highest BCUT2D eigenvalue weighted by Crippen LogP contribution is 2.20. The summed E-state index contributed by atoms with van der Waals surface area (Å²) in [5.41, 5.74) is 2.55. The SMILES string of the molecule is CC(=O)N[C@H]1CCCN([C@@H](C)C(=O)Nc2c(C)nn(C)c2C)C1. The summed E-state index contributed by atoms with van der Waals surface area (Å²) >= 11 is 0. The van der Waals surface area contributed by atoms with E-state index in [2.05, 4.69) is 20.6 Å². The summed E-state index contributed by atoms with van der Waals surface area (Å²) in [6, 6.07) is -0.121. The molecule has 1 aliphatic heterocycles. The van der Waals surface area contributed by atoms with Gasteiger partial charge < -0.3 is 10.6 Å². The van der Waals surface area contributed by atoms with Crippen molar-refractivity contribution in [2.24, 2.45) is 7.05 Å². The molecular weight excluding hydrogens is 294 g/mol. The Morgan fingerprint density at radius 2 is 2.04 bits per heavy atom. The summed E-state index contributed by atoms with van der Waals surface area (Å²) in [7, 11) is 1.87. The number of piperidine rings is 1. The van der Waals surface area contributed by atoms with Gasteiger partial charge in [-0.3, -0.25) is 19.2 Å². The molecule has 1 aromatic heterocycles. The number of likely N-dealkylation sites (tertiary alicyclic amines) is 1. The van der Waals surface area contributed by atoms with Gasteiger partial charge in [0.05, 0.1) is 23.1 Å². The van der Waals surface area contributed by atoms with Crippen molar-refractivity contribution in [3.8, 4) is 0 Å². The summed E-state index contributed by atoms with van der Waals surface area (Å²) in [4.78, 5) is 25.9. The quantitative estimate of drug-likeness (QED) is 0.866. The molecule has 0 unspecified atom stereocenters. The smallest absolute Gasteiger partial charge is 0.241 e. The van der Waals surface area contributed by atoms with Crippen LogP contribution in [0, 0.1) is 13.8 Å². The van der Waals surface area contributed by atoms with E-state index in [1.54, 1.807) is 4.68 Å². The highest BCUT2D eigenvalue weighted by Gasteiger charge is 2.28. The molecule has 1 fully saturated rings. The maximum Gasteiger partial charge on any atom is 0.241 e. The van der Waals surface area contributed by atoms with Crippen LogP contribution in [0.4, 0.5) is 5.69 Å². The van der Waals surface area contributed by atoms with Crippen molar-refractivity contribution in [1.82, 2.24) is 20.0 Å². The predicted molar refractivity (Wildman–Crippen MR) is 89.2 cm³/mol. The second kappa shape index (κ2) is 7.12. The molecule has 0 aromatic carbocycles. The Morgan fingerprint density at radius 1 is 1.35 bits per heavy atom. The number of amides is 2. The van der Waals surface area contributed by atoms with E-state index in [4.69, 9.17) is 0 Å². The molecule has 0 saturated carbocycles. The zero-order valence-corrected chi connectivity index (χ0v) is 14.6. The van der Waals surface area contributed by atoms with E-state index in [0.717, 1.165) is 36.5 Å². The number of anilines is 1. The molecule has 0 aliphatic carbocycles. The number of nitrogens with zero attached hydrogens (tertiary/aromatic N) is 3. The molecule has 7 nitrogen and oxygen atoms in total. The van der Waals surface area contributed by atoms with E-state index >= 15 is 0 Å². The number of hydrogen-bond donors (Lipinski definition) is 2. The van der Waals surface area contributed by atoms with Crippen molar-refractivity contribution in [3.63, 3.8) is 0 Å². The van der Waals surface area contributed by atoms with Crippen LogP contribution in [-0.4, -0.2) is 51.7 Å². The number of hydrogen-bond acceptors (Lipinski definition) is 4. The summed E-state index contributed by atoms with van der Waals surface area (Å²) in [6.45, 7) is 8.85. The molecule has 2 atom stereocenters. The zero-order valence-electron chi connectivity index (χ0n) is 14.6. The van der Waals surface area contributed by atoms with Crippen LogP contribution in [0.3, 0.4) is 0 Å². The molecule has 7 heteroatoms. The minimum absolute atomic E-state index is 0.0180. The van der Waals surface area contributed by atoms with Crippen molar-refractivity contribution >= 4 is 17.5 Å². The lowest BCUT2D eigenvalue weighted by molar-refractivity contribution is -0.121. The van der Waals surface area contributed by atoms with Crippen molar-refractivity contribution in [2.45, 2.75) is 52.6 Å². The first-order valence-electron chi connectivity index (χ1n) is 8.11. The third-order valence-electron chi connectivity index (χ3n) is 4.54. The van der Waals surface area contributed by atoms with Crippen molar-refractivity contribution < 1.29 is 9.59 Å². The van der Waals surface area contributed by atoms with Crippen LogP contribution in [0.25, 0.3) is 0 Å². The number of aromatic nitrogens is 2. The Labute approximate surface area is 137 Å². The Balaban J connectivity index is 2.00. The summed E-state index contributed by atoms with van der Waals surface area (Å²) in [5, 5.41) is 10.3. The van der Waals surface area contributed by atoms with E-state index in [9.17, 15) is 9.59 Å². The van der Waals surface area contributed by atoms with Gasteiger partial charge in [0, 0.05) is 26.6 Å². The molecule has 1 aliphatic rings. The maximum atomic E-state index is 12.6. The van der Waals surface area contributed by atoms with Crippen LogP contribution in [0.2, 0.25) is 0 Å². The van der Waals surface area contributed by atoms with Gasteiger partial charge in [-0.2, -0.15) is 5.10 Å². The molecule has 2 amide bonds. The number of aryl methyl sites for hydroxylation is 2. The Bertz CT molecular complexity index is 596. The molecule has 2 N–H and O–H groups in total. The molecule has 1 saturated heterocycles. The third-order valence-corrected chi connectivity index (χ3v) is 4.54. The van der Waals surface area contributed by atoms with Crippen LogP contribution in [0.1, 0.15) is 38.1 Å². The molecule has 128 valence electrons.